The van der Waals surface area contributed by atoms with Gasteiger partial charge in [0, 0.05) is 31.7 Å². The van der Waals surface area contributed by atoms with Crippen LogP contribution in [0.4, 0.5) is 0 Å². The van der Waals surface area contributed by atoms with Gasteiger partial charge in [0.2, 0.25) is 0 Å². The third-order valence-corrected chi connectivity index (χ3v) is 4.46. The number of nitrogens with zero attached hydrogens (tertiary/aromatic N) is 2. The number of rotatable bonds is 2. The molecule has 0 saturated carbocycles. The fourth-order valence-corrected chi connectivity index (χ4v) is 2.83. The highest BCUT2D eigenvalue weighted by atomic mass is 16.3. The molecule has 23 heavy (non-hydrogen) atoms. The van der Waals surface area contributed by atoms with Crippen LogP contribution in [0.5, 0.6) is 0 Å². The first-order valence-electron chi connectivity index (χ1n) is 7.75. The van der Waals surface area contributed by atoms with Crippen LogP contribution in [0.15, 0.2) is 41.2 Å². The first kappa shape index (κ1) is 15.3. The Morgan fingerprint density at radius 2 is 1.61 bits per heavy atom. The van der Waals surface area contributed by atoms with Crippen molar-refractivity contribution in [3.63, 3.8) is 0 Å². The monoisotopic (exact) mass is 312 g/mol. The zero-order valence-corrected chi connectivity index (χ0v) is 13.4. The molecular formula is C18H20N2O3. The number of carbonyl (C=O) groups excluding carboxylic acids is 2. The van der Waals surface area contributed by atoms with E-state index in [-0.39, 0.29) is 11.8 Å². The summed E-state index contributed by atoms with van der Waals surface area (Å²) in [6, 6.07) is 7.45. The van der Waals surface area contributed by atoms with Crippen LogP contribution in [0.3, 0.4) is 0 Å². The molecule has 0 atom stereocenters. The van der Waals surface area contributed by atoms with Gasteiger partial charge in [0.1, 0.15) is 6.26 Å². The Kier molecular flexibility index (Phi) is 4.19. The van der Waals surface area contributed by atoms with Gasteiger partial charge in [0.15, 0.2) is 0 Å². The number of aryl methyl sites for hydroxylation is 1. The zero-order chi connectivity index (χ0) is 16.4. The number of carbonyl (C=O) groups is 2. The van der Waals surface area contributed by atoms with Gasteiger partial charge in [-0.2, -0.15) is 0 Å². The first-order valence-corrected chi connectivity index (χ1v) is 7.75. The molecule has 1 fully saturated rings. The fraction of sp³-hybridized carbons (Fsp3) is 0.333. The summed E-state index contributed by atoms with van der Waals surface area (Å²) in [5.74, 6) is -0.000745. The van der Waals surface area contributed by atoms with Crippen molar-refractivity contribution in [3.05, 3.63) is 59.0 Å². The van der Waals surface area contributed by atoms with Crippen LogP contribution < -0.4 is 0 Å². The normalized spacial score (nSPS) is 14.9. The summed E-state index contributed by atoms with van der Waals surface area (Å²) >= 11 is 0. The molecule has 0 radical (unpaired) electrons. The van der Waals surface area contributed by atoms with Crippen molar-refractivity contribution in [2.45, 2.75) is 13.8 Å². The molecular weight excluding hydrogens is 292 g/mol. The van der Waals surface area contributed by atoms with Gasteiger partial charge in [0.05, 0.1) is 11.8 Å². The highest BCUT2D eigenvalue weighted by molar-refractivity contribution is 5.97. The van der Waals surface area contributed by atoms with Gasteiger partial charge in [-0.3, -0.25) is 9.59 Å². The van der Waals surface area contributed by atoms with E-state index in [1.807, 2.05) is 36.9 Å². The Morgan fingerprint density at radius 1 is 0.957 bits per heavy atom. The summed E-state index contributed by atoms with van der Waals surface area (Å²) in [6.07, 6.45) is 2.95. The lowest BCUT2D eigenvalue weighted by molar-refractivity contribution is 0.0534. The summed E-state index contributed by atoms with van der Waals surface area (Å²) in [7, 11) is 0. The molecule has 0 bridgehead atoms. The molecule has 3 rings (SSSR count). The van der Waals surface area contributed by atoms with Crippen molar-refractivity contribution in [3.8, 4) is 0 Å². The fourth-order valence-electron chi connectivity index (χ4n) is 2.83. The molecule has 2 aromatic rings. The lowest BCUT2D eigenvalue weighted by Crippen LogP contribution is -2.50. The van der Waals surface area contributed by atoms with Crippen LogP contribution in [0.25, 0.3) is 0 Å². The van der Waals surface area contributed by atoms with E-state index in [1.54, 1.807) is 11.0 Å². The van der Waals surface area contributed by atoms with Crippen LogP contribution in [0.2, 0.25) is 0 Å². The van der Waals surface area contributed by atoms with Crippen molar-refractivity contribution in [2.75, 3.05) is 26.2 Å². The number of piperazine rings is 1. The smallest absolute Gasteiger partial charge is 0.257 e. The van der Waals surface area contributed by atoms with Crippen molar-refractivity contribution in [2.24, 2.45) is 0 Å². The lowest BCUT2D eigenvalue weighted by Gasteiger charge is -2.35. The summed E-state index contributed by atoms with van der Waals surface area (Å²) in [4.78, 5) is 28.5. The summed E-state index contributed by atoms with van der Waals surface area (Å²) in [5.41, 5.74) is 3.44. The number of hydrogen-bond donors (Lipinski definition) is 0. The van der Waals surface area contributed by atoms with E-state index < -0.39 is 0 Å². The molecule has 5 nitrogen and oxygen atoms in total. The highest BCUT2D eigenvalue weighted by Crippen LogP contribution is 2.17. The minimum Gasteiger partial charge on any atom is -0.472 e. The molecule has 1 saturated heterocycles. The largest absolute Gasteiger partial charge is 0.472 e. The molecule has 1 aromatic heterocycles. The van der Waals surface area contributed by atoms with Gasteiger partial charge in [-0.1, -0.05) is 12.1 Å². The van der Waals surface area contributed by atoms with Crippen molar-refractivity contribution in [1.29, 1.82) is 0 Å². The Hall–Kier alpha value is -2.56. The van der Waals surface area contributed by atoms with Crippen LogP contribution >= 0.6 is 0 Å². The van der Waals surface area contributed by atoms with Gasteiger partial charge in [0.25, 0.3) is 11.8 Å². The molecule has 0 N–H and O–H groups in total. The first-order chi connectivity index (χ1) is 11.1. The molecule has 120 valence electrons. The Bertz CT molecular complexity index is 714. The molecule has 1 aromatic carbocycles. The van der Waals surface area contributed by atoms with Crippen LogP contribution in [0.1, 0.15) is 31.8 Å². The van der Waals surface area contributed by atoms with Gasteiger partial charge in [-0.05, 0) is 37.1 Å². The lowest BCUT2D eigenvalue weighted by atomic mass is 10.0. The highest BCUT2D eigenvalue weighted by Gasteiger charge is 2.26. The summed E-state index contributed by atoms with van der Waals surface area (Å²) < 4.78 is 4.96. The SMILES string of the molecule is Cc1cccc(C(=O)N2CCN(C(=O)c3ccoc3)CC2)c1C. The molecule has 0 unspecified atom stereocenters. The predicted octanol–water partition coefficient (Wildman–Crippen LogP) is 2.49. The van der Waals surface area contributed by atoms with Crippen molar-refractivity contribution < 1.29 is 14.0 Å². The summed E-state index contributed by atoms with van der Waals surface area (Å²) in [5, 5.41) is 0. The quantitative estimate of drug-likeness (QED) is 0.856. The Balaban J connectivity index is 1.66. The Labute approximate surface area is 135 Å². The molecule has 2 heterocycles. The molecule has 2 amide bonds. The van der Waals surface area contributed by atoms with Gasteiger partial charge >= 0.3 is 0 Å². The predicted molar refractivity (Wildman–Crippen MR) is 86.4 cm³/mol. The molecule has 0 aliphatic carbocycles. The topological polar surface area (TPSA) is 53.8 Å². The second-order valence-electron chi connectivity index (χ2n) is 5.84. The number of furan rings is 1. The van der Waals surface area contributed by atoms with E-state index in [0.717, 1.165) is 16.7 Å². The molecule has 1 aliphatic heterocycles. The minimum atomic E-state index is -0.0439. The van der Waals surface area contributed by atoms with E-state index in [4.69, 9.17) is 4.42 Å². The second-order valence-corrected chi connectivity index (χ2v) is 5.84. The molecule has 1 aliphatic rings. The standard InChI is InChI=1S/C18H20N2O3/c1-13-4-3-5-16(14(13)2)18(22)20-9-7-19(8-10-20)17(21)15-6-11-23-12-15/h3-6,11-12H,7-10H2,1-2H3. The zero-order valence-electron chi connectivity index (χ0n) is 13.4. The van der Waals surface area contributed by atoms with Gasteiger partial charge in [-0.15, -0.1) is 0 Å². The van der Waals surface area contributed by atoms with Crippen LogP contribution in [-0.4, -0.2) is 47.8 Å². The number of amides is 2. The molecule has 5 heteroatoms. The van der Waals surface area contributed by atoms with E-state index in [1.165, 1.54) is 12.5 Å². The minimum absolute atomic E-state index is 0.0432. The molecule has 0 spiro atoms. The van der Waals surface area contributed by atoms with E-state index in [9.17, 15) is 9.59 Å². The van der Waals surface area contributed by atoms with E-state index >= 15 is 0 Å². The second kappa shape index (κ2) is 6.28. The third kappa shape index (κ3) is 2.99. The van der Waals surface area contributed by atoms with Crippen LogP contribution in [0, 0.1) is 13.8 Å². The Morgan fingerprint density at radius 3 is 2.22 bits per heavy atom. The third-order valence-electron chi connectivity index (χ3n) is 4.46. The van der Waals surface area contributed by atoms with Crippen molar-refractivity contribution in [1.82, 2.24) is 9.80 Å². The van der Waals surface area contributed by atoms with Gasteiger partial charge < -0.3 is 14.2 Å². The van der Waals surface area contributed by atoms with Crippen LogP contribution in [-0.2, 0) is 0 Å². The maximum absolute atomic E-state index is 12.7. The van der Waals surface area contributed by atoms with E-state index in [0.29, 0.717) is 31.7 Å². The average Bonchev–Trinajstić information content (AvgIpc) is 3.11. The van der Waals surface area contributed by atoms with Gasteiger partial charge in [-0.25, -0.2) is 0 Å². The number of benzene rings is 1. The average molecular weight is 312 g/mol. The maximum atomic E-state index is 12.7. The van der Waals surface area contributed by atoms with E-state index in [2.05, 4.69) is 0 Å². The summed E-state index contributed by atoms with van der Waals surface area (Å²) in [6.45, 7) is 6.17. The number of hydrogen-bond acceptors (Lipinski definition) is 3. The maximum Gasteiger partial charge on any atom is 0.257 e. The van der Waals surface area contributed by atoms with Crippen molar-refractivity contribution >= 4 is 11.8 Å².